The lowest BCUT2D eigenvalue weighted by Crippen LogP contribution is -2.28. The van der Waals surface area contributed by atoms with Crippen LogP contribution in [0.25, 0.3) is 33.8 Å². The Bertz CT molecular complexity index is 1240. The van der Waals surface area contributed by atoms with Crippen LogP contribution in [0, 0.1) is 12.8 Å². The minimum absolute atomic E-state index is 0.0171. The molecule has 0 unspecified atom stereocenters. The Labute approximate surface area is 184 Å². The topological polar surface area (TPSA) is 114 Å². The summed E-state index contributed by atoms with van der Waals surface area (Å²) >= 11 is 0. The van der Waals surface area contributed by atoms with Gasteiger partial charge in [0.25, 0.3) is 0 Å². The van der Waals surface area contributed by atoms with E-state index in [0.717, 1.165) is 52.3 Å². The number of carboxylic acids is 1. The monoisotopic (exact) mass is 429 g/mol. The zero-order valence-corrected chi connectivity index (χ0v) is 17.7. The van der Waals surface area contributed by atoms with Crippen molar-refractivity contribution in [1.82, 2.24) is 24.9 Å². The van der Waals surface area contributed by atoms with Crippen molar-refractivity contribution in [2.24, 2.45) is 5.92 Å². The first-order valence-corrected chi connectivity index (χ1v) is 10.7. The van der Waals surface area contributed by atoms with Gasteiger partial charge in [-0.1, -0.05) is 0 Å². The Balaban J connectivity index is 1.25. The number of hydrogen-bond acceptors (Lipinski definition) is 6. The van der Waals surface area contributed by atoms with Gasteiger partial charge in [0.15, 0.2) is 5.65 Å². The number of carbonyl (C=O) groups is 1. The van der Waals surface area contributed by atoms with Crippen LogP contribution >= 0.6 is 0 Å². The van der Waals surface area contributed by atoms with Gasteiger partial charge in [-0.25, -0.2) is 15.0 Å². The molecule has 0 aliphatic heterocycles. The van der Waals surface area contributed by atoms with E-state index in [0.29, 0.717) is 18.7 Å². The first-order valence-electron chi connectivity index (χ1n) is 10.7. The van der Waals surface area contributed by atoms with Crippen molar-refractivity contribution in [3.8, 4) is 28.5 Å². The highest BCUT2D eigenvalue weighted by Gasteiger charge is 2.27. The van der Waals surface area contributed by atoms with Crippen LogP contribution in [0.2, 0.25) is 0 Å². The molecule has 1 fully saturated rings. The molecule has 4 aromatic heterocycles. The molecule has 32 heavy (non-hydrogen) atoms. The van der Waals surface area contributed by atoms with E-state index in [4.69, 9.17) is 9.84 Å². The van der Waals surface area contributed by atoms with E-state index in [1.807, 2.05) is 43.3 Å². The van der Waals surface area contributed by atoms with Crippen molar-refractivity contribution in [1.29, 1.82) is 0 Å². The molecule has 0 amide bonds. The molecule has 1 aliphatic rings. The number of nitrogens with zero attached hydrogens (tertiary/aromatic N) is 4. The Morgan fingerprint density at radius 1 is 0.969 bits per heavy atom. The van der Waals surface area contributed by atoms with E-state index >= 15 is 0 Å². The van der Waals surface area contributed by atoms with Crippen LogP contribution in [0.5, 0.6) is 5.88 Å². The van der Waals surface area contributed by atoms with Gasteiger partial charge in [-0.05, 0) is 62.9 Å². The molecule has 0 bridgehead atoms. The summed E-state index contributed by atoms with van der Waals surface area (Å²) in [6.07, 6.45) is 6.31. The van der Waals surface area contributed by atoms with E-state index < -0.39 is 5.97 Å². The highest BCUT2D eigenvalue weighted by molar-refractivity contribution is 5.76. The number of hydrogen-bond donors (Lipinski definition) is 2. The third-order valence-electron chi connectivity index (χ3n) is 5.86. The van der Waals surface area contributed by atoms with Gasteiger partial charge in [-0.3, -0.25) is 9.78 Å². The molecular weight excluding hydrogens is 406 g/mol. The molecular formula is C24H23N5O3. The number of fused-ring (bicyclic) bond motifs is 1. The summed E-state index contributed by atoms with van der Waals surface area (Å²) in [6.45, 7) is 1.95. The summed E-state index contributed by atoms with van der Waals surface area (Å²) in [6, 6.07) is 11.6. The predicted molar refractivity (Wildman–Crippen MR) is 119 cm³/mol. The number of pyridine rings is 3. The van der Waals surface area contributed by atoms with Gasteiger partial charge in [0.2, 0.25) is 5.88 Å². The molecule has 8 nitrogen and oxygen atoms in total. The fourth-order valence-corrected chi connectivity index (χ4v) is 4.03. The molecule has 162 valence electrons. The second kappa shape index (κ2) is 8.37. The van der Waals surface area contributed by atoms with Gasteiger partial charge in [-0.15, -0.1) is 0 Å². The summed E-state index contributed by atoms with van der Waals surface area (Å²) < 4.78 is 5.95. The number of carboxylic acid groups (broad SMARTS) is 1. The van der Waals surface area contributed by atoms with E-state index in [-0.39, 0.29) is 12.0 Å². The molecule has 4 aromatic rings. The molecule has 2 N–H and O–H groups in total. The standard InChI is InChI=1S/C24H23N5O3/c1-14-2-9-20-23(27-14)29-22(28-20)17-5-10-19(25-13-17)16-6-11-21(26-12-16)32-18-7-3-15(4-8-18)24(30)31/h2,5-6,9-13,15,18H,3-4,7-8H2,1H3,(H,30,31)(H,27,28,29). The van der Waals surface area contributed by atoms with Crippen molar-refractivity contribution < 1.29 is 14.6 Å². The summed E-state index contributed by atoms with van der Waals surface area (Å²) in [4.78, 5) is 32.4. The summed E-state index contributed by atoms with van der Waals surface area (Å²) in [5.74, 6) is 0.321. The molecule has 0 atom stereocenters. The number of aliphatic carboxylic acids is 1. The van der Waals surface area contributed by atoms with Gasteiger partial charge in [-0.2, -0.15) is 0 Å². The lowest BCUT2D eigenvalue weighted by atomic mass is 9.87. The van der Waals surface area contributed by atoms with E-state index in [1.54, 1.807) is 12.4 Å². The van der Waals surface area contributed by atoms with Crippen molar-refractivity contribution in [3.63, 3.8) is 0 Å². The molecule has 0 aromatic carbocycles. The first-order chi connectivity index (χ1) is 15.5. The van der Waals surface area contributed by atoms with Crippen molar-refractivity contribution in [2.75, 3.05) is 0 Å². The Hall–Kier alpha value is -3.81. The normalized spacial score (nSPS) is 18.5. The number of nitrogens with one attached hydrogen (secondary N) is 1. The number of aromatic amines is 1. The largest absolute Gasteiger partial charge is 0.481 e. The lowest BCUT2D eigenvalue weighted by Gasteiger charge is -2.26. The number of rotatable bonds is 5. The summed E-state index contributed by atoms with van der Waals surface area (Å²) in [7, 11) is 0. The minimum Gasteiger partial charge on any atom is -0.481 e. The molecule has 0 saturated heterocycles. The zero-order valence-electron chi connectivity index (χ0n) is 17.7. The van der Waals surface area contributed by atoms with E-state index in [1.165, 1.54) is 0 Å². The lowest BCUT2D eigenvalue weighted by molar-refractivity contribution is -0.143. The van der Waals surface area contributed by atoms with E-state index in [2.05, 4.69) is 24.9 Å². The molecule has 5 rings (SSSR count). The molecule has 8 heteroatoms. The summed E-state index contributed by atoms with van der Waals surface area (Å²) in [5.41, 5.74) is 5.11. The van der Waals surface area contributed by atoms with Gasteiger partial charge in [0.1, 0.15) is 17.4 Å². The van der Waals surface area contributed by atoms with Gasteiger partial charge in [0.05, 0.1) is 11.6 Å². The van der Waals surface area contributed by atoms with Crippen LogP contribution in [0.4, 0.5) is 0 Å². The predicted octanol–water partition coefficient (Wildman–Crippen LogP) is 4.41. The second-order valence-electron chi connectivity index (χ2n) is 8.15. The highest BCUT2D eigenvalue weighted by atomic mass is 16.5. The highest BCUT2D eigenvalue weighted by Crippen LogP contribution is 2.28. The minimum atomic E-state index is -0.712. The van der Waals surface area contributed by atoms with Crippen LogP contribution < -0.4 is 4.74 Å². The van der Waals surface area contributed by atoms with Crippen LogP contribution in [0.3, 0.4) is 0 Å². The van der Waals surface area contributed by atoms with Crippen LogP contribution in [-0.4, -0.2) is 42.1 Å². The number of aryl methyl sites for hydroxylation is 1. The van der Waals surface area contributed by atoms with Gasteiger partial charge >= 0.3 is 5.97 Å². The Morgan fingerprint density at radius 2 is 1.75 bits per heavy atom. The number of aromatic nitrogens is 5. The smallest absolute Gasteiger partial charge is 0.306 e. The quantitative estimate of drug-likeness (QED) is 0.483. The second-order valence-corrected chi connectivity index (χ2v) is 8.15. The van der Waals surface area contributed by atoms with Crippen molar-refractivity contribution in [2.45, 2.75) is 38.7 Å². The zero-order chi connectivity index (χ0) is 22.1. The molecule has 1 saturated carbocycles. The Kier molecular flexibility index (Phi) is 5.26. The fourth-order valence-electron chi connectivity index (χ4n) is 4.03. The molecule has 0 radical (unpaired) electrons. The van der Waals surface area contributed by atoms with E-state index in [9.17, 15) is 4.79 Å². The molecule has 1 aliphatic carbocycles. The average molecular weight is 429 g/mol. The fraction of sp³-hybridized carbons (Fsp3) is 0.292. The Morgan fingerprint density at radius 3 is 2.44 bits per heavy atom. The number of H-pyrrole nitrogens is 1. The van der Waals surface area contributed by atoms with Crippen LogP contribution in [-0.2, 0) is 4.79 Å². The van der Waals surface area contributed by atoms with Crippen LogP contribution in [0.1, 0.15) is 31.4 Å². The van der Waals surface area contributed by atoms with Crippen molar-refractivity contribution >= 4 is 17.1 Å². The maximum atomic E-state index is 11.1. The third-order valence-corrected chi connectivity index (χ3v) is 5.86. The average Bonchev–Trinajstić information content (AvgIpc) is 3.23. The van der Waals surface area contributed by atoms with Crippen molar-refractivity contribution in [3.05, 3.63) is 54.5 Å². The van der Waals surface area contributed by atoms with Gasteiger partial charge < -0.3 is 14.8 Å². The maximum absolute atomic E-state index is 11.1. The third kappa shape index (κ3) is 4.16. The SMILES string of the molecule is Cc1ccc2nc(-c3ccc(-c4ccc(OC5CCC(C(=O)O)CC5)nc4)nc3)[nH]c2n1. The maximum Gasteiger partial charge on any atom is 0.306 e. The molecule has 4 heterocycles. The first kappa shape index (κ1) is 20.1. The molecule has 0 spiro atoms. The van der Waals surface area contributed by atoms with Crippen LogP contribution in [0.15, 0.2) is 48.8 Å². The number of ether oxygens (including phenoxy) is 1. The summed E-state index contributed by atoms with van der Waals surface area (Å²) in [5, 5.41) is 9.11. The van der Waals surface area contributed by atoms with Gasteiger partial charge in [0, 0.05) is 35.3 Å². The number of imidazole rings is 1.